The zero-order valence-electron chi connectivity index (χ0n) is 9.34. The quantitative estimate of drug-likeness (QED) is 0.784. The van der Waals surface area contributed by atoms with Crippen LogP contribution in [0.25, 0.3) is 11.5 Å². The van der Waals surface area contributed by atoms with Crippen LogP contribution in [0.5, 0.6) is 0 Å². The van der Waals surface area contributed by atoms with Gasteiger partial charge in [-0.2, -0.15) is 0 Å². The predicted molar refractivity (Wildman–Crippen MR) is 60.3 cm³/mol. The van der Waals surface area contributed by atoms with Gasteiger partial charge in [-0.3, -0.25) is 5.01 Å². The Kier molecular flexibility index (Phi) is 3.28. The Morgan fingerprint density at radius 1 is 1.19 bits per heavy atom. The van der Waals surface area contributed by atoms with Gasteiger partial charge in [0.25, 0.3) is 0 Å². The molecule has 0 radical (unpaired) electrons. The predicted octanol–water partition coefficient (Wildman–Crippen LogP) is 1.30. The van der Waals surface area contributed by atoms with Crippen LogP contribution < -0.4 is 5.43 Å². The standard InChI is InChI=1S/C11H14N4O/c1-15(2)12-8-10-13-14-11(16-10)9-6-4-3-5-7-9/h3-7,12H,8H2,1-2H3. The molecule has 84 valence electrons. The smallest absolute Gasteiger partial charge is 0.247 e. The molecule has 1 aromatic carbocycles. The number of rotatable bonds is 4. The molecule has 5 nitrogen and oxygen atoms in total. The number of aromatic nitrogens is 2. The largest absolute Gasteiger partial charge is 0.419 e. The van der Waals surface area contributed by atoms with Crippen LogP contribution in [0.15, 0.2) is 34.7 Å². The van der Waals surface area contributed by atoms with Crippen molar-refractivity contribution in [2.45, 2.75) is 6.54 Å². The van der Waals surface area contributed by atoms with E-state index in [0.29, 0.717) is 18.3 Å². The van der Waals surface area contributed by atoms with Crippen LogP contribution in [0, 0.1) is 0 Å². The molecule has 0 unspecified atom stereocenters. The van der Waals surface area contributed by atoms with Crippen LogP contribution in [0.1, 0.15) is 5.89 Å². The SMILES string of the molecule is CN(C)NCc1nnc(-c2ccccc2)o1. The summed E-state index contributed by atoms with van der Waals surface area (Å²) in [7, 11) is 3.82. The summed E-state index contributed by atoms with van der Waals surface area (Å²) in [6.45, 7) is 0.535. The third-order valence-corrected chi connectivity index (χ3v) is 2.03. The fourth-order valence-corrected chi connectivity index (χ4v) is 1.25. The Labute approximate surface area is 94.1 Å². The van der Waals surface area contributed by atoms with Crippen LogP contribution in [0.3, 0.4) is 0 Å². The summed E-state index contributed by atoms with van der Waals surface area (Å²) in [6.07, 6.45) is 0. The summed E-state index contributed by atoms with van der Waals surface area (Å²) in [5.74, 6) is 1.13. The number of benzene rings is 1. The van der Waals surface area contributed by atoms with Gasteiger partial charge in [-0.05, 0) is 12.1 Å². The van der Waals surface area contributed by atoms with Gasteiger partial charge < -0.3 is 4.42 Å². The van der Waals surface area contributed by atoms with Gasteiger partial charge in [0.05, 0.1) is 6.54 Å². The Morgan fingerprint density at radius 2 is 1.94 bits per heavy atom. The molecule has 16 heavy (non-hydrogen) atoms. The molecule has 2 rings (SSSR count). The monoisotopic (exact) mass is 218 g/mol. The van der Waals surface area contributed by atoms with Gasteiger partial charge in [0.2, 0.25) is 11.8 Å². The van der Waals surface area contributed by atoms with Crippen LogP contribution in [-0.4, -0.2) is 29.3 Å². The molecule has 0 atom stereocenters. The minimum atomic E-state index is 0.535. The summed E-state index contributed by atoms with van der Waals surface area (Å²) < 4.78 is 5.51. The Hall–Kier alpha value is -1.72. The Bertz CT molecular complexity index is 438. The number of hydrogen-bond acceptors (Lipinski definition) is 5. The van der Waals surface area contributed by atoms with Crippen molar-refractivity contribution >= 4 is 0 Å². The number of hydrazine groups is 1. The highest BCUT2D eigenvalue weighted by Crippen LogP contribution is 2.16. The molecule has 2 aromatic rings. The van der Waals surface area contributed by atoms with Crippen molar-refractivity contribution < 1.29 is 4.42 Å². The minimum Gasteiger partial charge on any atom is -0.419 e. The van der Waals surface area contributed by atoms with Crippen LogP contribution >= 0.6 is 0 Å². The van der Waals surface area contributed by atoms with E-state index in [0.717, 1.165) is 5.56 Å². The first kappa shape index (κ1) is 10.8. The lowest BCUT2D eigenvalue weighted by Gasteiger charge is -2.08. The summed E-state index contributed by atoms with van der Waals surface area (Å²) in [5.41, 5.74) is 4.00. The van der Waals surface area contributed by atoms with Crippen LogP contribution in [0.4, 0.5) is 0 Å². The molecule has 1 N–H and O–H groups in total. The second-order valence-corrected chi connectivity index (χ2v) is 3.60. The average molecular weight is 218 g/mol. The van der Waals surface area contributed by atoms with E-state index in [1.54, 1.807) is 0 Å². The van der Waals surface area contributed by atoms with E-state index in [9.17, 15) is 0 Å². The van der Waals surface area contributed by atoms with Crippen molar-refractivity contribution in [1.82, 2.24) is 20.6 Å². The maximum absolute atomic E-state index is 5.51. The zero-order chi connectivity index (χ0) is 11.4. The lowest BCUT2D eigenvalue weighted by Crippen LogP contribution is -2.29. The second kappa shape index (κ2) is 4.87. The van der Waals surface area contributed by atoms with E-state index in [1.165, 1.54) is 0 Å². The molecule has 0 aliphatic rings. The van der Waals surface area contributed by atoms with E-state index in [2.05, 4.69) is 15.6 Å². The maximum atomic E-state index is 5.51. The average Bonchev–Trinajstić information content (AvgIpc) is 2.76. The third kappa shape index (κ3) is 2.65. The minimum absolute atomic E-state index is 0.535. The molecule has 0 fully saturated rings. The van der Waals surface area contributed by atoms with Gasteiger partial charge in [0.1, 0.15) is 0 Å². The fourth-order valence-electron chi connectivity index (χ4n) is 1.25. The maximum Gasteiger partial charge on any atom is 0.247 e. The molecule has 5 heteroatoms. The number of nitrogens with zero attached hydrogens (tertiary/aromatic N) is 3. The highest BCUT2D eigenvalue weighted by atomic mass is 16.4. The van der Waals surface area contributed by atoms with E-state index in [1.807, 2.05) is 49.4 Å². The molecule has 0 saturated carbocycles. The van der Waals surface area contributed by atoms with Gasteiger partial charge in [-0.25, -0.2) is 5.43 Å². The summed E-state index contributed by atoms with van der Waals surface area (Å²) >= 11 is 0. The van der Waals surface area contributed by atoms with Crippen molar-refractivity contribution in [3.05, 3.63) is 36.2 Å². The van der Waals surface area contributed by atoms with E-state index >= 15 is 0 Å². The van der Waals surface area contributed by atoms with Crippen LogP contribution in [0.2, 0.25) is 0 Å². The van der Waals surface area contributed by atoms with E-state index in [-0.39, 0.29) is 0 Å². The van der Waals surface area contributed by atoms with E-state index in [4.69, 9.17) is 4.42 Å². The molecule has 0 amide bonds. The first-order valence-corrected chi connectivity index (χ1v) is 5.04. The first-order valence-electron chi connectivity index (χ1n) is 5.04. The van der Waals surface area contributed by atoms with Crippen molar-refractivity contribution in [1.29, 1.82) is 0 Å². The number of hydrogen-bond donors (Lipinski definition) is 1. The molecule has 0 aliphatic carbocycles. The Balaban J connectivity index is 2.08. The van der Waals surface area contributed by atoms with E-state index < -0.39 is 0 Å². The number of nitrogens with one attached hydrogen (secondary N) is 1. The third-order valence-electron chi connectivity index (χ3n) is 2.03. The normalized spacial score (nSPS) is 10.9. The van der Waals surface area contributed by atoms with Crippen LogP contribution in [-0.2, 0) is 6.54 Å². The highest BCUT2D eigenvalue weighted by molar-refractivity contribution is 5.51. The Morgan fingerprint density at radius 3 is 2.62 bits per heavy atom. The fraction of sp³-hybridized carbons (Fsp3) is 0.273. The molecular weight excluding hydrogens is 204 g/mol. The van der Waals surface area contributed by atoms with Crippen molar-refractivity contribution in [3.63, 3.8) is 0 Å². The van der Waals surface area contributed by atoms with Gasteiger partial charge in [0.15, 0.2) is 0 Å². The van der Waals surface area contributed by atoms with Gasteiger partial charge >= 0.3 is 0 Å². The molecule has 0 aliphatic heterocycles. The molecule has 1 aromatic heterocycles. The summed E-state index contributed by atoms with van der Waals surface area (Å²) in [5, 5.41) is 9.79. The van der Waals surface area contributed by atoms with Gasteiger partial charge in [-0.1, -0.05) is 18.2 Å². The van der Waals surface area contributed by atoms with Gasteiger partial charge in [-0.15, -0.1) is 10.2 Å². The molecule has 0 spiro atoms. The van der Waals surface area contributed by atoms with Crippen molar-refractivity contribution in [2.75, 3.05) is 14.1 Å². The highest BCUT2D eigenvalue weighted by Gasteiger charge is 2.07. The first-order chi connectivity index (χ1) is 7.75. The lowest BCUT2D eigenvalue weighted by molar-refractivity contribution is 0.269. The lowest BCUT2D eigenvalue weighted by atomic mass is 10.2. The van der Waals surface area contributed by atoms with Crippen molar-refractivity contribution in [2.24, 2.45) is 0 Å². The van der Waals surface area contributed by atoms with Crippen molar-refractivity contribution in [3.8, 4) is 11.5 Å². The molecular formula is C11H14N4O. The second-order valence-electron chi connectivity index (χ2n) is 3.60. The molecule has 0 saturated heterocycles. The van der Waals surface area contributed by atoms with Gasteiger partial charge in [0, 0.05) is 19.7 Å². The summed E-state index contributed by atoms with van der Waals surface area (Å²) in [6, 6.07) is 9.72. The molecule has 0 bridgehead atoms. The summed E-state index contributed by atoms with van der Waals surface area (Å²) in [4.78, 5) is 0. The molecule has 1 heterocycles. The zero-order valence-corrected chi connectivity index (χ0v) is 9.34. The topological polar surface area (TPSA) is 54.2 Å².